The number of carbonyl (C=O) groups excluding carboxylic acids is 2. The summed E-state index contributed by atoms with van der Waals surface area (Å²) < 4.78 is 15.7. The van der Waals surface area contributed by atoms with E-state index in [-0.39, 0.29) is 38.6 Å². The van der Waals surface area contributed by atoms with Crippen LogP contribution < -0.4 is 10.6 Å². The van der Waals surface area contributed by atoms with Gasteiger partial charge in [0.2, 0.25) is 5.91 Å². The second-order valence-corrected chi connectivity index (χ2v) is 8.46. The minimum absolute atomic E-state index is 0.0787. The van der Waals surface area contributed by atoms with Gasteiger partial charge in [0.15, 0.2) is 0 Å². The Balaban J connectivity index is 1.72. The summed E-state index contributed by atoms with van der Waals surface area (Å²) in [6, 6.07) is 14.8. The second-order valence-electron chi connectivity index (χ2n) is 8.46. The molecule has 0 spiro atoms. The molecule has 9 heteroatoms. The van der Waals surface area contributed by atoms with Crippen molar-refractivity contribution in [2.24, 2.45) is 0 Å². The highest BCUT2D eigenvalue weighted by atomic mass is 16.5. The van der Waals surface area contributed by atoms with Gasteiger partial charge >= 0.3 is 12.1 Å². The molecule has 0 radical (unpaired) electrons. The molecule has 1 aliphatic rings. The summed E-state index contributed by atoms with van der Waals surface area (Å²) in [7, 11) is 2.84. The molecule has 0 aliphatic heterocycles. The summed E-state index contributed by atoms with van der Waals surface area (Å²) in [6.07, 6.45) is -0.548. The van der Waals surface area contributed by atoms with Gasteiger partial charge in [0.05, 0.1) is 6.61 Å². The molecule has 3 rings (SSSR count). The number of benzene rings is 2. The Morgan fingerprint density at radius 1 is 1.00 bits per heavy atom. The summed E-state index contributed by atoms with van der Waals surface area (Å²) in [4.78, 5) is 37.6. The third-order valence-corrected chi connectivity index (χ3v) is 6.33. The Morgan fingerprint density at radius 2 is 1.60 bits per heavy atom. The van der Waals surface area contributed by atoms with E-state index in [4.69, 9.17) is 14.2 Å². The summed E-state index contributed by atoms with van der Waals surface area (Å²) in [5.41, 5.74) is 2.85. The van der Waals surface area contributed by atoms with Crippen molar-refractivity contribution in [2.75, 3.05) is 34.0 Å². The van der Waals surface area contributed by atoms with Gasteiger partial charge in [0.1, 0.15) is 18.2 Å². The normalized spacial score (nSPS) is 14.8. The first kappa shape index (κ1) is 26.2. The number of fused-ring (bicyclic) bond motifs is 3. The largest absolute Gasteiger partial charge is 0.480 e. The summed E-state index contributed by atoms with van der Waals surface area (Å²) in [6.45, 7) is 1.78. The number of rotatable bonds is 12. The molecule has 2 aromatic rings. The molecule has 0 heterocycles. The number of carboxylic acids is 1. The van der Waals surface area contributed by atoms with Gasteiger partial charge in [-0.1, -0.05) is 55.5 Å². The Hall–Kier alpha value is -3.43. The number of nitrogens with one attached hydrogen (secondary N) is 2. The molecule has 9 nitrogen and oxygen atoms in total. The van der Waals surface area contributed by atoms with Crippen LogP contribution in [0.25, 0.3) is 11.1 Å². The van der Waals surface area contributed by atoms with Crippen LogP contribution >= 0.6 is 0 Å². The third kappa shape index (κ3) is 5.80. The number of aliphatic carboxylic acids is 1. The van der Waals surface area contributed by atoms with Crippen molar-refractivity contribution in [3.8, 4) is 11.1 Å². The molecule has 2 atom stereocenters. The first-order chi connectivity index (χ1) is 16.9. The van der Waals surface area contributed by atoms with Crippen molar-refractivity contribution in [1.82, 2.24) is 10.6 Å². The zero-order chi connectivity index (χ0) is 25.4. The molecule has 2 aromatic carbocycles. The van der Waals surface area contributed by atoms with Gasteiger partial charge in [-0.2, -0.15) is 0 Å². The molecule has 1 aliphatic carbocycles. The number of hydrogen-bond donors (Lipinski definition) is 3. The molecule has 35 heavy (non-hydrogen) atoms. The quantitative estimate of drug-likeness (QED) is 0.423. The smallest absolute Gasteiger partial charge is 0.408 e. The molecule has 0 fully saturated rings. The second kappa shape index (κ2) is 11.8. The number of amides is 2. The lowest BCUT2D eigenvalue weighted by atomic mass is 9.95. The average molecular weight is 485 g/mol. The zero-order valence-electron chi connectivity index (χ0n) is 20.2. The molecule has 2 amide bonds. The topological polar surface area (TPSA) is 123 Å². The molecule has 188 valence electrons. The number of methoxy groups -OCH3 is 2. The van der Waals surface area contributed by atoms with Crippen LogP contribution in [0, 0.1) is 0 Å². The fourth-order valence-electron chi connectivity index (χ4n) is 4.38. The maximum Gasteiger partial charge on any atom is 0.408 e. The van der Waals surface area contributed by atoms with Crippen LogP contribution in [0.15, 0.2) is 48.5 Å². The molecule has 3 N–H and O–H groups in total. The van der Waals surface area contributed by atoms with E-state index in [1.807, 2.05) is 48.5 Å². The minimum Gasteiger partial charge on any atom is -0.480 e. The van der Waals surface area contributed by atoms with Crippen molar-refractivity contribution in [3.05, 3.63) is 59.7 Å². The predicted octanol–water partition coefficient (Wildman–Crippen LogP) is 2.93. The highest BCUT2D eigenvalue weighted by Gasteiger charge is 2.41. The Labute approximate surface area is 204 Å². The molecule has 0 bridgehead atoms. The molecule has 0 saturated heterocycles. The molecule has 0 aromatic heterocycles. The van der Waals surface area contributed by atoms with Crippen molar-refractivity contribution in [3.63, 3.8) is 0 Å². The van der Waals surface area contributed by atoms with Gasteiger partial charge in [0, 0.05) is 33.2 Å². The summed E-state index contributed by atoms with van der Waals surface area (Å²) >= 11 is 0. The van der Waals surface area contributed by atoms with Gasteiger partial charge in [-0.3, -0.25) is 4.79 Å². The highest BCUT2D eigenvalue weighted by Crippen LogP contribution is 2.44. The van der Waals surface area contributed by atoms with Gasteiger partial charge < -0.3 is 30.0 Å². The number of carboxylic acid groups (broad SMARTS) is 1. The van der Waals surface area contributed by atoms with Gasteiger partial charge in [-0.25, -0.2) is 9.59 Å². The fourth-order valence-corrected chi connectivity index (χ4v) is 4.38. The SMILES string of the molecule is CCC(COC)(NC(=O)OCC1c2ccccc2-c2ccccc21)C(=O)NC(CCOC)C(=O)O. The van der Waals surface area contributed by atoms with Gasteiger partial charge in [-0.05, 0) is 28.7 Å². The predicted molar refractivity (Wildman–Crippen MR) is 129 cm³/mol. The highest BCUT2D eigenvalue weighted by molar-refractivity contribution is 5.93. The van der Waals surface area contributed by atoms with Crippen LogP contribution in [0.1, 0.15) is 36.8 Å². The van der Waals surface area contributed by atoms with E-state index < -0.39 is 29.6 Å². The summed E-state index contributed by atoms with van der Waals surface area (Å²) in [5.74, 6) is -2.00. The monoisotopic (exact) mass is 484 g/mol. The van der Waals surface area contributed by atoms with Crippen molar-refractivity contribution < 1.29 is 33.7 Å². The van der Waals surface area contributed by atoms with Crippen molar-refractivity contribution in [2.45, 2.75) is 37.3 Å². The maximum atomic E-state index is 13.1. The van der Waals surface area contributed by atoms with Gasteiger partial charge in [-0.15, -0.1) is 0 Å². The van der Waals surface area contributed by atoms with E-state index in [0.29, 0.717) is 0 Å². The first-order valence-corrected chi connectivity index (χ1v) is 11.5. The van der Waals surface area contributed by atoms with Crippen molar-refractivity contribution in [1.29, 1.82) is 0 Å². The van der Waals surface area contributed by atoms with Crippen LogP contribution in [-0.2, 0) is 23.8 Å². The Bertz CT molecular complexity index is 1010. The van der Waals surface area contributed by atoms with Gasteiger partial charge in [0.25, 0.3) is 0 Å². The van der Waals surface area contributed by atoms with E-state index in [1.54, 1.807) is 6.92 Å². The van der Waals surface area contributed by atoms with Crippen LogP contribution in [0.4, 0.5) is 4.79 Å². The Kier molecular flexibility index (Phi) is 8.84. The number of hydrogen-bond acceptors (Lipinski definition) is 6. The fraction of sp³-hybridized carbons (Fsp3) is 0.423. The van der Waals surface area contributed by atoms with E-state index >= 15 is 0 Å². The minimum atomic E-state index is -1.50. The van der Waals surface area contributed by atoms with Crippen LogP contribution in [0.2, 0.25) is 0 Å². The number of alkyl carbamates (subject to hydrolysis) is 1. The lowest BCUT2D eigenvalue weighted by Gasteiger charge is -2.32. The maximum absolute atomic E-state index is 13.1. The van der Waals surface area contributed by atoms with Crippen molar-refractivity contribution >= 4 is 18.0 Å². The lowest BCUT2D eigenvalue weighted by Crippen LogP contribution is -2.63. The molecular weight excluding hydrogens is 452 g/mol. The molecule has 2 unspecified atom stereocenters. The lowest BCUT2D eigenvalue weighted by molar-refractivity contribution is -0.144. The van der Waals surface area contributed by atoms with E-state index in [2.05, 4.69) is 10.6 Å². The average Bonchev–Trinajstić information content (AvgIpc) is 3.18. The van der Waals surface area contributed by atoms with E-state index in [1.165, 1.54) is 14.2 Å². The Morgan fingerprint density at radius 3 is 2.11 bits per heavy atom. The number of ether oxygens (including phenoxy) is 3. The zero-order valence-corrected chi connectivity index (χ0v) is 20.2. The first-order valence-electron chi connectivity index (χ1n) is 11.5. The van der Waals surface area contributed by atoms with E-state index in [9.17, 15) is 19.5 Å². The molecule has 0 saturated carbocycles. The standard InChI is InChI=1S/C26H32N2O7/c1-4-26(16-34-3,24(31)27-22(23(29)30)13-14-33-2)28-25(32)35-15-21-19-11-7-5-9-17(19)18-10-6-8-12-20(18)21/h5-12,21-22H,4,13-16H2,1-3H3,(H,27,31)(H,28,32)(H,29,30). The molecular formula is C26H32N2O7. The van der Waals surface area contributed by atoms with Crippen LogP contribution in [-0.4, -0.2) is 68.7 Å². The van der Waals surface area contributed by atoms with E-state index in [0.717, 1.165) is 22.3 Å². The van der Waals surface area contributed by atoms with Crippen LogP contribution in [0.5, 0.6) is 0 Å². The summed E-state index contributed by atoms with van der Waals surface area (Å²) in [5, 5.41) is 14.6. The van der Waals surface area contributed by atoms with Crippen LogP contribution in [0.3, 0.4) is 0 Å². The number of carbonyl (C=O) groups is 3. The third-order valence-electron chi connectivity index (χ3n) is 6.33.